The lowest BCUT2D eigenvalue weighted by Gasteiger charge is -2.26. The van der Waals surface area contributed by atoms with Gasteiger partial charge in [0, 0.05) is 12.2 Å². The highest BCUT2D eigenvalue weighted by Crippen LogP contribution is 2.42. The van der Waals surface area contributed by atoms with E-state index in [1.54, 1.807) is 6.07 Å². The number of nitrogens with two attached hydrogens (primary N) is 2. The molecule has 11 heteroatoms. The van der Waals surface area contributed by atoms with Crippen molar-refractivity contribution in [1.82, 2.24) is 24.7 Å². The van der Waals surface area contributed by atoms with Crippen LogP contribution in [0.25, 0.3) is 17.1 Å². The van der Waals surface area contributed by atoms with E-state index in [4.69, 9.17) is 10.9 Å². The largest absolute Gasteiger partial charge is 0.396 e. The van der Waals surface area contributed by atoms with Crippen LogP contribution in [0.5, 0.6) is 0 Å². The average Bonchev–Trinajstić information content (AvgIpc) is 3.45. The standard InChI is InChI=1S/C20H25N7O3S/c21-18-19(27-13-23-12-25-27)26-17(10-24-18)16-9-15(31(22,29)30)4-3-14(16)5-8-20(11-28)6-1-2-7-20/h3-4,9-10,12-13,28H,1-2,5-8,11H2,(H2,21,24)(H2,22,29,30). The molecule has 1 fully saturated rings. The molecule has 1 saturated carbocycles. The van der Waals surface area contributed by atoms with Gasteiger partial charge in [-0.3, -0.25) is 0 Å². The first kappa shape index (κ1) is 21.3. The molecule has 2 heterocycles. The van der Waals surface area contributed by atoms with Crippen molar-refractivity contribution in [2.24, 2.45) is 10.6 Å². The average molecular weight is 444 g/mol. The number of benzene rings is 1. The summed E-state index contributed by atoms with van der Waals surface area (Å²) in [5.74, 6) is 0.466. The van der Waals surface area contributed by atoms with Crippen LogP contribution >= 0.6 is 0 Å². The summed E-state index contributed by atoms with van der Waals surface area (Å²) >= 11 is 0. The summed E-state index contributed by atoms with van der Waals surface area (Å²) in [4.78, 5) is 12.7. The van der Waals surface area contributed by atoms with E-state index < -0.39 is 10.0 Å². The summed E-state index contributed by atoms with van der Waals surface area (Å²) in [5, 5.41) is 19.4. The second-order valence-electron chi connectivity index (χ2n) is 8.03. The molecule has 0 bridgehead atoms. The minimum atomic E-state index is -3.90. The second-order valence-corrected chi connectivity index (χ2v) is 9.59. The highest BCUT2D eigenvalue weighted by molar-refractivity contribution is 7.89. The number of anilines is 1. The van der Waals surface area contributed by atoms with Crippen molar-refractivity contribution in [1.29, 1.82) is 0 Å². The highest BCUT2D eigenvalue weighted by Gasteiger charge is 2.33. The Morgan fingerprint density at radius 1 is 1.23 bits per heavy atom. The minimum Gasteiger partial charge on any atom is -0.396 e. The van der Waals surface area contributed by atoms with Crippen LogP contribution in [-0.2, 0) is 16.4 Å². The summed E-state index contributed by atoms with van der Waals surface area (Å²) < 4.78 is 25.3. The SMILES string of the molecule is Nc1ncc(-c2cc(S(N)(=O)=O)ccc2CCC2(CO)CCCC2)nc1-n1cncn1. The zero-order chi connectivity index (χ0) is 22.1. The molecule has 3 aromatic rings. The highest BCUT2D eigenvalue weighted by atomic mass is 32.2. The van der Waals surface area contributed by atoms with Gasteiger partial charge in [0.2, 0.25) is 10.0 Å². The maximum Gasteiger partial charge on any atom is 0.238 e. The normalized spacial score (nSPS) is 15.9. The fourth-order valence-electron chi connectivity index (χ4n) is 4.21. The van der Waals surface area contributed by atoms with Gasteiger partial charge >= 0.3 is 0 Å². The lowest BCUT2D eigenvalue weighted by Crippen LogP contribution is -2.22. The van der Waals surface area contributed by atoms with E-state index in [1.807, 2.05) is 0 Å². The molecule has 0 aliphatic heterocycles. The van der Waals surface area contributed by atoms with E-state index in [2.05, 4.69) is 20.1 Å². The lowest BCUT2D eigenvalue weighted by molar-refractivity contribution is 0.121. The molecular formula is C20H25N7O3S. The van der Waals surface area contributed by atoms with Gasteiger partial charge in [-0.05, 0) is 48.8 Å². The van der Waals surface area contributed by atoms with Crippen molar-refractivity contribution in [2.75, 3.05) is 12.3 Å². The molecule has 0 saturated heterocycles. The maximum absolute atomic E-state index is 12.0. The number of aromatic nitrogens is 5. The van der Waals surface area contributed by atoms with Gasteiger partial charge in [-0.25, -0.2) is 28.5 Å². The number of hydrogen-bond donors (Lipinski definition) is 3. The zero-order valence-electron chi connectivity index (χ0n) is 17.0. The van der Waals surface area contributed by atoms with E-state index >= 15 is 0 Å². The minimum absolute atomic E-state index is 0.00933. The molecule has 1 aromatic carbocycles. The quantitative estimate of drug-likeness (QED) is 0.494. The van der Waals surface area contributed by atoms with Crippen LogP contribution in [0.1, 0.15) is 37.7 Å². The Morgan fingerprint density at radius 3 is 2.65 bits per heavy atom. The van der Waals surface area contributed by atoms with Crippen LogP contribution in [0.4, 0.5) is 5.82 Å². The number of aliphatic hydroxyl groups excluding tert-OH is 1. The Bertz CT molecular complexity index is 1170. The van der Waals surface area contributed by atoms with Crippen molar-refractivity contribution < 1.29 is 13.5 Å². The molecule has 0 amide bonds. The van der Waals surface area contributed by atoms with Crippen LogP contribution in [0, 0.1) is 5.41 Å². The van der Waals surface area contributed by atoms with Crippen molar-refractivity contribution in [3.05, 3.63) is 42.6 Å². The fraction of sp³-hybridized carbons (Fsp3) is 0.400. The third kappa shape index (κ3) is 4.43. The van der Waals surface area contributed by atoms with E-state index in [0.29, 0.717) is 23.5 Å². The first-order valence-corrected chi connectivity index (χ1v) is 11.6. The molecule has 0 radical (unpaired) electrons. The zero-order valence-corrected chi connectivity index (χ0v) is 17.8. The maximum atomic E-state index is 12.0. The summed E-state index contributed by atoms with van der Waals surface area (Å²) in [6.45, 7) is 0.149. The number of rotatable bonds is 7. The van der Waals surface area contributed by atoms with E-state index in [0.717, 1.165) is 37.7 Å². The molecule has 0 atom stereocenters. The third-order valence-electron chi connectivity index (χ3n) is 6.03. The smallest absolute Gasteiger partial charge is 0.238 e. The van der Waals surface area contributed by atoms with Crippen LogP contribution in [0.2, 0.25) is 0 Å². The summed E-state index contributed by atoms with van der Waals surface area (Å²) in [6.07, 6.45) is 9.98. The molecule has 2 aromatic heterocycles. The predicted molar refractivity (Wildman–Crippen MR) is 114 cm³/mol. The van der Waals surface area contributed by atoms with E-state index in [-0.39, 0.29) is 22.7 Å². The van der Waals surface area contributed by atoms with Gasteiger partial charge in [-0.1, -0.05) is 18.9 Å². The van der Waals surface area contributed by atoms with Crippen molar-refractivity contribution in [3.63, 3.8) is 0 Å². The second kappa shape index (κ2) is 8.33. The van der Waals surface area contributed by atoms with Gasteiger partial charge in [0.15, 0.2) is 11.6 Å². The van der Waals surface area contributed by atoms with Gasteiger partial charge < -0.3 is 10.8 Å². The molecule has 4 rings (SSSR count). The molecule has 1 aliphatic carbocycles. The first-order valence-electron chi connectivity index (χ1n) is 10.1. The molecule has 0 spiro atoms. The summed E-state index contributed by atoms with van der Waals surface area (Å²) in [7, 11) is -3.90. The Labute approximate surface area is 180 Å². The summed E-state index contributed by atoms with van der Waals surface area (Å²) in [6, 6.07) is 4.76. The number of hydrogen-bond acceptors (Lipinski definition) is 8. The Balaban J connectivity index is 1.77. The third-order valence-corrected chi connectivity index (χ3v) is 6.94. The number of aryl methyl sites for hydroxylation is 1. The molecule has 1 aliphatic rings. The van der Waals surface area contributed by atoms with Crippen LogP contribution < -0.4 is 10.9 Å². The first-order chi connectivity index (χ1) is 14.8. The van der Waals surface area contributed by atoms with Gasteiger partial charge in [-0.2, -0.15) is 9.78 Å². The van der Waals surface area contributed by atoms with Crippen LogP contribution in [0.3, 0.4) is 0 Å². The van der Waals surface area contributed by atoms with Crippen molar-refractivity contribution in [3.8, 4) is 17.1 Å². The monoisotopic (exact) mass is 443 g/mol. The predicted octanol–water partition coefficient (Wildman–Crippen LogP) is 1.44. The number of nitrogens with zero attached hydrogens (tertiary/aromatic N) is 5. The number of primary sulfonamides is 1. The van der Waals surface area contributed by atoms with Gasteiger partial charge in [0.1, 0.15) is 12.7 Å². The summed E-state index contributed by atoms with van der Waals surface area (Å²) in [5.41, 5.74) is 7.83. The van der Waals surface area contributed by atoms with Crippen LogP contribution in [0.15, 0.2) is 41.9 Å². The van der Waals surface area contributed by atoms with Crippen LogP contribution in [-0.4, -0.2) is 44.9 Å². The Kier molecular flexibility index (Phi) is 5.73. The molecule has 0 unspecified atom stereocenters. The molecule has 164 valence electrons. The number of aliphatic hydroxyl groups is 1. The Morgan fingerprint density at radius 2 is 2.00 bits per heavy atom. The van der Waals surface area contributed by atoms with Gasteiger partial charge in [0.25, 0.3) is 0 Å². The Hall–Kier alpha value is -2.89. The number of sulfonamides is 1. The molecular weight excluding hydrogens is 418 g/mol. The van der Waals surface area contributed by atoms with E-state index in [1.165, 1.54) is 35.7 Å². The number of nitrogen functional groups attached to an aromatic ring is 1. The van der Waals surface area contributed by atoms with E-state index in [9.17, 15) is 13.5 Å². The topological polar surface area (TPSA) is 163 Å². The van der Waals surface area contributed by atoms with Gasteiger partial charge in [0.05, 0.1) is 16.8 Å². The molecule has 5 N–H and O–H groups in total. The fourth-order valence-corrected chi connectivity index (χ4v) is 4.75. The lowest BCUT2D eigenvalue weighted by atomic mass is 9.80. The van der Waals surface area contributed by atoms with Crippen molar-refractivity contribution >= 4 is 15.8 Å². The van der Waals surface area contributed by atoms with Crippen molar-refractivity contribution in [2.45, 2.75) is 43.4 Å². The van der Waals surface area contributed by atoms with Gasteiger partial charge in [-0.15, -0.1) is 0 Å². The molecule has 10 nitrogen and oxygen atoms in total. The molecule has 31 heavy (non-hydrogen) atoms.